The number of hydrogen-bond acceptors (Lipinski definition) is 2. The molecule has 0 saturated carbocycles. The maximum Gasteiger partial charge on any atom is 0.228 e. The highest BCUT2D eigenvalue weighted by molar-refractivity contribution is 14.1. The van der Waals surface area contributed by atoms with E-state index in [1.54, 1.807) is 6.07 Å². The van der Waals surface area contributed by atoms with Crippen molar-refractivity contribution in [3.63, 3.8) is 0 Å². The fraction of sp³-hybridized carbons (Fsp3) is 0.300. The Morgan fingerprint density at radius 2 is 2.25 bits per heavy atom. The molecule has 86 valence electrons. The number of anilines is 1. The highest BCUT2D eigenvalue weighted by Gasteiger charge is 2.31. The average Bonchev–Trinajstić information content (AvgIpc) is 2.43. The third-order valence-corrected chi connectivity index (χ3v) is 3.45. The molecule has 1 aliphatic heterocycles. The summed E-state index contributed by atoms with van der Waals surface area (Å²) < 4.78 is 14.4. The summed E-state index contributed by atoms with van der Waals surface area (Å²) >= 11 is 7.68. The van der Waals surface area contributed by atoms with Crippen molar-refractivity contribution in [3.8, 4) is 0 Å². The van der Waals surface area contributed by atoms with Gasteiger partial charge in [-0.1, -0.05) is 11.6 Å². The normalized spacial score (nSPS) is 20.6. The first kappa shape index (κ1) is 12.1. The molecule has 16 heavy (non-hydrogen) atoms. The highest BCUT2D eigenvalue weighted by Crippen LogP contribution is 2.31. The number of carbonyl (C=O) groups excluding carboxylic acids is 1. The lowest BCUT2D eigenvalue weighted by atomic mass is 10.3. The number of benzene rings is 1. The van der Waals surface area contributed by atoms with E-state index >= 15 is 0 Å². The summed E-state index contributed by atoms with van der Waals surface area (Å²) in [6.07, 6.45) is 0.262. The Labute approximate surface area is 111 Å². The van der Waals surface area contributed by atoms with Crippen LogP contribution in [0.2, 0.25) is 5.02 Å². The molecule has 0 radical (unpaired) electrons. The molecule has 1 amide bonds. The second-order valence-electron chi connectivity index (χ2n) is 3.69. The number of rotatable bonds is 1. The average molecular weight is 355 g/mol. The second-order valence-corrected chi connectivity index (χ2v) is 5.29. The minimum absolute atomic E-state index is 0.147. The lowest BCUT2D eigenvalue weighted by molar-refractivity contribution is -0.117. The van der Waals surface area contributed by atoms with Gasteiger partial charge in [0.1, 0.15) is 5.82 Å². The van der Waals surface area contributed by atoms with Gasteiger partial charge >= 0.3 is 0 Å². The van der Waals surface area contributed by atoms with E-state index in [1.165, 1.54) is 11.0 Å². The van der Waals surface area contributed by atoms with Gasteiger partial charge < -0.3 is 10.6 Å². The van der Waals surface area contributed by atoms with Gasteiger partial charge in [-0.2, -0.15) is 0 Å². The van der Waals surface area contributed by atoms with Crippen molar-refractivity contribution in [1.29, 1.82) is 0 Å². The van der Waals surface area contributed by atoms with Crippen LogP contribution in [-0.4, -0.2) is 18.5 Å². The zero-order valence-electron chi connectivity index (χ0n) is 8.21. The van der Waals surface area contributed by atoms with Gasteiger partial charge in [-0.3, -0.25) is 4.79 Å². The SMILES string of the molecule is NC1CC(=O)N(c2c(F)cc(Cl)cc2I)C1. The Bertz CT molecular complexity index is 431. The van der Waals surface area contributed by atoms with Crippen molar-refractivity contribution in [2.24, 2.45) is 5.73 Å². The minimum Gasteiger partial charge on any atom is -0.326 e. The van der Waals surface area contributed by atoms with E-state index in [2.05, 4.69) is 0 Å². The molecule has 3 nitrogen and oxygen atoms in total. The summed E-state index contributed by atoms with van der Waals surface area (Å²) in [6.45, 7) is 0.355. The van der Waals surface area contributed by atoms with E-state index in [9.17, 15) is 9.18 Å². The molecule has 0 aliphatic carbocycles. The molecule has 0 bridgehead atoms. The Morgan fingerprint density at radius 3 is 2.75 bits per heavy atom. The Morgan fingerprint density at radius 1 is 1.56 bits per heavy atom. The van der Waals surface area contributed by atoms with E-state index in [0.717, 1.165) is 0 Å². The number of halogens is 3. The van der Waals surface area contributed by atoms with E-state index in [-0.39, 0.29) is 24.1 Å². The predicted octanol–water partition coefficient (Wildman–Crippen LogP) is 2.15. The van der Waals surface area contributed by atoms with Crippen LogP contribution in [0, 0.1) is 9.39 Å². The summed E-state index contributed by atoms with van der Waals surface area (Å²) in [5, 5.41) is 0.321. The van der Waals surface area contributed by atoms with E-state index in [4.69, 9.17) is 17.3 Å². The van der Waals surface area contributed by atoms with Gasteiger partial charge in [0.05, 0.1) is 5.69 Å². The minimum atomic E-state index is -0.487. The topological polar surface area (TPSA) is 46.3 Å². The Kier molecular flexibility index (Phi) is 3.37. The van der Waals surface area contributed by atoms with Crippen molar-refractivity contribution >= 4 is 45.8 Å². The Balaban J connectivity index is 2.44. The lowest BCUT2D eigenvalue weighted by Crippen LogP contribution is -2.29. The molecule has 6 heteroatoms. The van der Waals surface area contributed by atoms with Crippen LogP contribution in [0.25, 0.3) is 0 Å². The molecule has 2 N–H and O–H groups in total. The standard InChI is InChI=1S/C10H9ClFIN2O/c11-5-1-7(12)10(8(13)2-5)15-4-6(14)3-9(15)16/h1-2,6H,3-4,14H2. The maximum absolute atomic E-state index is 13.7. The number of nitrogens with two attached hydrogens (primary N) is 1. The van der Waals surface area contributed by atoms with Crippen molar-refractivity contribution < 1.29 is 9.18 Å². The molecule has 1 unspecified atom stereocenters. The number of amides is 1. The molecule has 0 aromatic heterocycles. The zero-order chi connectivity index (χ0) is 11.9. The van der Waals surface area contributed by atoms with Crippen LogP contribution in [0.3, 0.4) is 0 Å². The summed E-state index contributed by atoms with van der Waals surface area (Å²) in [5.41, 5.74) is 5.95. The molecule has 0 spiro atoms. The molecule has 1 saturated heterocycles. The van der Waals surface area contributed by atoms with Crippen LogP contribution in [-0.2, 0) is 4.79 Å². The zero-order valence-corrected chi connectivity index (χ0v) is 11.1. The smallest absolute Gasteiger partial charge is 0.228 e. The molecule has 1 aliphatic rings. The quantitative estimate of drug-likeness (QED) is 0.786. The van der Waals surface area contributed by atoms with Gasteiger partial charge in [-0.05, 0) is 34.7 Å². The van der Waals surface area contributed by atoms with Crippen LogP contribution in [0.15, 0.2) is 12.1 Å². The monoisotopic (exact) mass is 354 g/mol. The Hall–Kier alpha value is -0.400. The van der Waals surface area contributed by atoms with E-state index < -0.39 is 5.82 Å². The molecular weight excluding hydrogens is 345 g/mol. The fourth-order valence-electron chi connectivity index (χ4n) is 1.74. The van der Waals surface area contributed by atoms with E-state index in [0.29, 0.717) is 15.1 Å². The maximum atomic E-state index is 13.7. The van der Waals surface area contributed by atoms with Crippen molar-refractivity contribution in [2.45, 2.75) is 12.5 Å². The molecule has 2 rings (SSSR count). The number of carbonyl (C=O) groups is 1. The van der Waals surface area contributed by atoms with Gasteiger partial charge in [0.25, 0.3) is 0 Å². The van der Waals surface area contributed by atoms with Crippen LogP contribution in [0.1, 0.15) is 6.42 Å². The van der Waals surface area contributed by atoms with Crippen LogP contribution >= 0.6 is 34.2 Å². The van der Waals surface area contributed by atoms with Crippen LogP contribution in [0.5, 0.6) is 0 Å². The fourth-order valence-corrected chi connectivity index (χ4v) is 3.02. The lowest BCUT2D eigenvalue weighted by Gasteiger charge is -2.18. The van der Waals surface area contributed by atoms with Crippen LogP contribution in [0.4, 0.5) is 10.1 Å². The third kappa shape index (κ3) is 2.16. The first-order valence-electron chi connectivity index (χ1n) is 4.69. The first-order chi connectivity index (χ1) is 7.49. The van der Waals surface area contributed by atoms with Gasteiger partial charge in [0, 0.05) is 27.6 Å². The van der Waals surface area contributed by atoms with Crippen molar-refractivity contribution in [1.82, 2.24) is 0 Å². The number of nitrogens with zero attached hydrogens (tertiary/aromatic N) is 1. The van der Waals surface area contributed by atoms with E-state index in [1.807, 2.05) is 22.6 Å². The summed E-state index contributed by atoms with van der Waals surface area (Å²) in [6, 6.07) is 2.60. The third-order valence-electron chi connectivity index (χ3n) is 2.41. The predicted molar refractivity (Wildman–Crippen MR) is 69.1 cm³/mol. The molecular formula is C10H9ClFIN2O. The summed E-state index contributed by atoms with van der Waals surface area (Å²) in [7, 11) is 0. The first-order valence-corrected chi connectivity index (χ1v) is 6.15. The van der Waals surface area contributed by atoms with Crippen LogP contribution < -0.4 is 10.6 Å². The second kappa shape index (κ2) is 4.46. The summed E-state index contributed by atoms with van der Waals surface area (Å²) in [5.74, 6) is -0.633. The van der Waals surface area contributed by atoms with Crippen molar-refractivity contribution in [3.05, 3.63) is 26.5 Å². The highest BCUT2D eigenvalue weighted by atomic mass is 127. The van der Waals surface area contributed by atoms with Gasteiger partial charge in [0.15, 0.2) is 0 Å². The van der Waals surface area contributed by atoms with Gasteiger partial charge in [-0.15, -0.1) is 0 Å². The molecule has 1 heterocycles. The number of hydrogen-bond donors (Lipinski definition) is 1. The molecule has 1 atom stereocenters. The van der Waals surface area contributed by atoms with Gasteiger partial charge in [-0.25, -0.2) is 4.39 Å². The molecule has 1 aromatic carbocycles. The summed E-state index contributed by atoms with van der Waals surface area (Å²) in [4.78, 5) is 13.0. The molecule has 1 fully saturated rings. The van der Waals surface area contributed by atoms with Gasteiger partial charge in [0.2, 0.25) is 5.91 Å². The largest absolute Gasteiger partial charge is 0.326 e. The molecule has 1 aromatic rings. The van der Waals surface area contributed by atoms with Crippen molar-refractivity contribution in [2.75, 3.05) is 11.4 Å².